The van der Waals surface area contributed by atoms with Gasteiger partial charge < -0.3 is 15.3 Å². The summed E-state index contributed by atoms with van der Waals surface area (Å²) in [7, 11) is 0. The van der Waals surface area contributed by atoms with Crippen molar-refractivity contribution in [3.05, 3.63) is 11.6 Å². The molecule has 1 fully saturated rings. The Labute approximate surface area is 114 Å². The molecule has 1 aliphatic heterocycles. The third-order valence-electron chi connectivity index (χ3n) is 3.43. The van der Waals surface area contributed by atoms with Crippen LogP contribution in [0.1, 0.15) is 39.5 Å². The number of urea groups is 1. The summed E-state index contributed by atoms with van der Waals surface area (Å²) in [5, 5.41) is 11.5. The van der Waals surface area contributed by atoms with E-state index in [2.05, 4.69) is 5.32 Å². The standard InChI is InChI=1S/C14H24N2O3/c1-11(2)5-8-15-14(19)16-9-6-12(7-10-16)3-4-13(17)18/h5,12H,3-4,6-10H2,1-2H3,(H,15,19)(H,17,18). The van der Waals surface area contributed by atoms with E-state index in [9.17, 15) is 9.59 Å². The maximum atomic E-state index is 11.8. The summed E-state index contributed by atoms with van der Waals surface area (Å²) < 4.78 is 0. The predicted octanol–water partition coefficient (Wildman–Crippen LogP) is 2.24. The van der Waals surface area contributed by atoms with Gasteiger partial charge in [0.05, 0.1) is 0 Å². The van der Waals surface area contributed by atoms with Gasteiger partial charge in [-0.3, -0.25) is 4.79 Å². The van der Waals surface area contributed by atoms with Gasteiger partial charge in [0.25, 0.3) is 0 Å². The van der Waals surface area contributed by atoms with Crippen LogP contribution < -0.4 is 5.32 Å². The van der Waals surface area contributed by atoms with Crippen LogP contribution in [0.15, 0.2) is 11.6 Å². The number of nitrogens with zero attached hydrogens (tertiary/aromatic N) is 1. The van der Waals surface area contributed by atoms with Crippen molar-refractivity contribution >= 4 is 12.0 Å². The van der Waals surface area contributed by atoms with Gasteiger partial charge in [-0.05, 0) is 39.0 Å². The van der Waals surface area contributed by atoms with E-state index in [1.54, 1.807) is 0 Å². The Morgan fingerprint density at radius 1 is 1.32 bits per heavy atom. The van der Waals surface area contributed by atoms with E-state index in [4.69, 9.17) is 5.11 Å². The zero-order chi connectivity index (χ0) is 14.3. The van der Waals surface area contributed by atoms with Gasteiger partial charge in [-0.2, -0.15) is 0 Å². The number of nitrogens with one attached hydrogen (secondary N) is 1. The second-order valence-electron chi connectivity index (χ2n) is 5.33. The van der Waals surface area contributed by atoms with E-state index >= 15 is 0 Å². The molecule has 1 rings (SSSR count). The lowest BCUT2D eigenvalue weighted by Crippen LogP contribution is -2.44. The Morgan fingerprint density at radius 3 is 2.47 bits per heavy atom. The number of hydrogen-bond acceptors (Lipinski definition) is 2. The average Bonchev–Trinajstić information content (AvgIpc) is 2.36. The maximum absolute atomic E-state index is 11.8. The number of likely N-dealkylation sites (tertiary alicyclic amines) is 1. The second-order valence-corrected chi connectivity index (χ2v) is 5.33. The molecule has 0 saturated carbocycles. The molecular formula is C14H24N2O3. The maximum Gasteiger partial charge on any atom is 0.317 e. The lowest BCUT2D eigenvalue weighted by molar-refractivity contribution is -0.137. The van der Waals surface area contributed by atoms with Crippen molar-refractivity contribution in [2.75, 3.05) is 19.6 Å². The number of aliphatic carboxylic acids is 1. The Morgan fingerprint density at radius 2 is 1.95 bits per heavy atom. The summed E-state index contributed by atoms with van der Waals surface area (Å²) in [6, 6.07) is -0.0193. The lowest BCUT2D eigenvalue weighted by atomic mass is 9.92. The topological polar surface area (TPSA) is 69.6 Å². The number of carboxylic acid groups (broad SMARTS) is 1. The summed E-state index contributed by atoms with van der Waals surface area (Å²) in [4.78, 5) is 24.2. The van der Waals surface area contributed by atoms with Crippen LogP contribution in [0, 0.1) is 5.92 Å². The molecule has 0 aromatic carbocycles. The van der Waals surface area contributed by atoms with Crippen LogP contribution in [-0.2, 0) is 4.79 Å². The monoisotopic (exact) mass is 268 g/mol. The fraction of sp³-hybridized carbons (Fsp3) is 0.714. The molecule has 0 aliphatic carbocycles. The first-order chi connectivity index (χ1) is 8.99. The molecule has 5 nitrogen and oxygen atoms in total. The van der Waals surface area contributed by atoms with Crippen LogP contribution in [0.2, 0.25) is 0 Å². The van der Waals surface area contributed by atoms with Crippen LogP contribution in [0.25, 0.3) is 0 Å². The Bertz CT molecular complexity index is 341. The highest BCUT2D eigenvalue weighted by Gasteiger charge is 2.22. The molecule has 0 bridgehead atoms. The highest BCUT2D eigenvalue weighted by Crippen LogP contribution is 2.21. The summed E-state index contributed by atoms with van der Waals surface area (Å²) >= 11 is 0. The average molecular weight is 268 g/mol. The SMILES string of the molecule is CC(C)=CCNC(=O)N1CCC(CCC(=O)O)CC1. The molecule has 108 valence electrons. The van der Waals surface area contributed by atoms with Crippen LogP contribution in [0.4, 0.5) is 4.79 Å². The number of carboxylic acids is 1. The highest BCUT2D eigenvalue weighted by molar-refractivity contribution is 5.74. The molecule has 1 aliphatic rings. The largest absolute Gasteiger partial charge is 0.481 e. The molecule has 2 amide bonds. The van der Waals surface area contributed by atoms with Crippen LogP contribution in [-0.4, -0.2) is 41.6 Å². The molecule has 2 N–H and O–H groups in total. The number of carbonyl (C=O) groups excluding carboxylic acids is 1. The van der Waals surface area contributed by atoms with Crippen molar-refractivity contribution in [1.29, 1.82) is 0 Å². The molecule has 1 heterocycles. The molecule has 1 saturated heterocycles. The van der Waals surface area contributed by atoms with Crippen LogP contribution in [0.5, 0.6) is 0 Å². The lowest BCUT2D eigenvalue weighted by Gasteiger charge is -2.31. The summed E-state index contributed by atoms with van der Waals surface area (Å²) in [6.07, 6.45) is 4.75. The smallest absolute Gasteiger partial charge is 0.317 e. The Kier molecular flexibility index (Phi) is 6.39. The number of rotatable bonds is 5. The molecule has 0 aromatic rings. The Balaban J connectivity index is 2.23. The normalized spacial score (nSPS) is 16.0. The van der Waals surface area contributed by atoms with E-state index < -0.39 is 5.97 Å². The number of allylic oxidation sites excluding steroid dienone is 1. The number of piperidine rings is 1. The van der Waals surface area contributed by atoms with Gasteiger partial charge in [0.15, 0.2) is 0 Å². The van der Waals surface area contributed by atoms with Crippen molar-refractivity contribution in [2.24, 2.45) is 5.92 Å². The third kappa shape index (κ3) is 6.27. The number of carbonyl (C=O) groups is 2. The van der Waals surface area contributed by atoms with Gasteiger partial charge in [0, 0.05) is 26.1 Å². The van der Waals surface area contributed by atoms with E-state index in [-0.39, 0.29) is 12.5 Å². The van der Waals surface area contributed by atoms with Gasteiger partial charge >= 0.3 is 12.0 Å². The van der Waals surface area contributed by atoms with E-state index in [1.807, 2.05) is 24.8 Å². The summed E-state index contributed by atoms with van der Waals surface area (Å²) in [5.41, 5.74) is 1.19. The van der Waals surface area contributed by atoms with E-state index in [0.29, 0.717) is 12.5 Å². The molecule has 0 radical (unpaired) electrons. The third-order valence-corrected chi connectivity index (χ3v) is 3.43. The van der Waals surface area contributed by atoms with Gasteiger partial charge in [0.2, 0.25) is 0 Å². The molecule has 5 heteroatoms. The summed E-state index contributed by atoms with van der Waals surface area (Å²) in [5.74, 6) is -0.292. The molecule has 0 unspecified atom stereocenters. The second kappa shape index (κ2) is 7.81. The van der Waals surface area contributed by atoms with Crippen molar-refractivity contribution in [2.45, 2.75) is 39.5 Å². The minimum absolute atomic E-state index is 0.0193. The Hall–Kier alpha value is -1.52. The molecular weight excluding hydrogens is 244 g/mol. The molecule has 0 atom stereocenters. The first-order valence-corrected chi connectivity index (χ1v) is 6.87. The fourth-order valence-corrected chi connectivity index (χ4v) is 2.21. The van der Waals surface area contributed by atoms with Crippen molar-refractivity contribution in [1.82, 2.24) is 10.2 Å². The molecule has 0 aromatic heterocycles. The quantitative estimate of drug-likeness (QED) is 0.751. The predicted molar refractivity (Wildman–Crippen MR) is 74.0 cm³/mol. The zero-order valence-corrected chi connectivity index (χ0v) is 11.8. The number of amides is 2. The van der Waals surface area contributed by atoms with Crippen LogP contribution >= 0.6 is 0 Å². The van der Waals surface area contributed by atoms with E-state index in [1.165, 1.54) is 5.57 Å². The van der Waals surface area contributed by atoms with Gasteiger partial charge in [0.1, 0.15) is 0 Å². The summed E-state index contributed by atoms with van der Waals surface area (Å²) in [6.45, 7) is 6.02. The number of hydrogen-bond donors (Lipinski definition) is 2. The van der Waals surface area contributed by atoms with Crippen molar-refractivity contribution in [3.8, 4) is 0 Å². The highest BCUT2D eigenvalue weighted by atomic mass is 16.4. The van der Waals surface area contributed by atoms with Crippen LogP contribution in [0.3, 0.4) is 0 Å². The van der Waals surface area contributed by atoms with Crippen molar-refractivity contribution in [3.63, 3.8) is 0 Å². The molecule has 19 heavy (non-hydrogen) atoms. The van der Waals surface area contributed by atoms with Gasteiger partial charge in [-0.1, -0.05) is 11.6 Å². The first-order valence-electron chi connectivity index (χ1n) is 6.87. The van der Waals surface area contributed by atoms with Gasteiger partial charge in [-0.15, -0.1) is 0 Å². The zero-order valence-electron chi connectivity index (χ0n) is 11.8. The van der Waals surface area contributed by atoms with E-state index in [0.717, 1.165) is 32.4 Å². The van der Waals surface area contributed by atoms with Crippen molar-refractivity contribution < 1.29 is 14.7 Å². The van der Waals surface area contributed by atoms with Gasteiger partial charge in [-0.25, -0.2) is 4.79 Å². The fourth-order valence-electron chi connectivity index (χ4n) is 2.21. The first kappa shape index (κ1) is 15.5. The minimum atomic E-state index is -0.734. The minimum Gasteiger partial charge on any atom is -0.481 e. The molecule has 0 spiro atoms.